The maximum atomic E-state index is 10.8. The highest BCUT2D eigenvalue weighted by Gasteiger charge is 2.07. The molecule has 6 heteroatoms. The number of carboxylic acids is 1. The molecule has 0 fully saturated rings. The normalized spacial score (nSPS) is 10.2. The second kappa shape index (κ2) is 5.71. The summed E-state index contributed by atoms with van der Waals surface area (Å²) in [6.07, 6.45) is 1.28. The highest BCUT2D eigenvalue weighted by Crippen LogP contribution is 2.18. The number of nitrogens with two attached hydrogens (primary N) is 1. The highest BCUT2D eigenvalue weighted by atomic mass is 79.9. The number of halogens is 1. The summed E-state index contributed by atoms with van der Waals surface area (Å²) < 4.78 is 1.01. The molecule has 4 N–H and O–H groups in total. The van der Waals surface area contributed by atoms with Crippen molar-refractivity contribution in [2.75, 3.05) is 11.1 Å². The first-order valence-corrected chi connectivity index (χ1v) is 6.32. The molecule has 0 saturated carbocycles. The average Bonchev–Trinajstić information content (AvgIpc) is 2.39. The first-order chi connectivity index (χ1) is 9.06. The van der Waals surface area contributed by atoms with Crippen LogP contribution in [0, 0.1) is 0 Å². The smallest absolute Gasteiger partial charge is 0.337 e. The Morgan fingerprint density at radius 2 is 2.05 bits per heavy atom. The molecule has 2 rings (SSSR count). The molecule has 0 atom stereocenters. The zero-order valence-corrected chi connectivity index (χ0v) is 11.5. The van der Waals surface area contributed by atoms with Crippen molar-refractivity contribution in [1.29, 1.82) is 0 Å². The van der Waals surface area contributed by atoms with Crippen molar-refractivity contribution >= 4 is 33.4 Å². The lowest BCUT2D eigenvalue weighted by molar-refractivity contribution is 0.0696. The van der Waals surface area contributed by atoms with E-state index in [0.29, 0.717) is 18.1 Å². The molecule has 2 aromatic rings. The summed E-state index contributed by atoms with van der Waals surface area (Å²) in [5, 5.41) is 11.9. The number of nitrogen functional groups attached to an aromatic ring is 1. The summed E-state index contributed by atoms with van der Waals surface area (Å²) in [4.78, 5) is 14.8. The van der Waals surface area contributed by atoms with Crippen molar-refractivity contribution in [2.24, 2.45) is 0 Å². The van der Waals surface area contributed by atoms with Gasteiger partial charge in [0.1, 0.15) is 5.82 Å². The van der Waals surface area contributed by atoms with Gasteiger partial charge in [0.2, 0.25) is 0 Å². The average molecular weight is 322 g/mol. The van der Waals surface area contributed by atoms with Crippen molar-refractivity contribution in [3.63, 3.8) is 0 Å². The molecule has 0 aliphatic carbocycles. The number of pyridine rings is 1. The maximum Gasteiger partial charge on any atom is 0.337 e. The van der Waals surface area contributed by atoms with Gasteiger partial charge in [-0.25, -0.2) is 9.78 Å². The molecular formula is C13H12BrN3O2. The van der Waals surface area contributed by atoms with E-state index in [1.54, 1.807) is 0 Å². The van der Waals surface area contributed by atoms with Gasteiger partial charge in [-0.15, -0.1) is 0 Å². The summed E-state index contributed by atoms with van der Waals surface area (Å²) in [5.74, 6) is -0.563. The van der Waals surface area contributed by atoms with E-state index in [1.807, 2.05) is 24.3 Å². The SMILES string of the molecule is Nc1cc(C(=O)O)cnc1NCc1ccc(Br)cc1. The Morgan fingerprint density at radius 1 is 1.37 bits per heavy atom. The van der Waals surface area contributed by atoms with Crippen LogP contribution in [0.15, 0.2) is 41.0 Å². The van der Waals surface area contributed by atoms with Gasteiger partial charge in [-0.05, 0) is 23.8 Å². The summed E-state index contributed by atoms with van der Waals surface area (Å²) in [6.45, 7) is 0.566. The number of nitrogens with one attached hydrogen (secondary N) is 1. The molecule has 0 aliphatic heterocycles. The molecule has 0 spiro atoms. The van der Waals surface area contributed by atoms with Gasteiger partial charge in [0.25, 0.3) is 0 Å². The van der Waals surface area contributed by atoms with E-state index in [9.17, 15) is 4.79 Å². The van der Waals surface area contributed by atoms with Crippen LogP contribution in [0.2, 0.25) is 0 Å². The van der Waals surface area contributed by atoms with E-state index in [0.717, 1.165) is 10.0 Å². The Balaban J connectivity index is 2.07. The third-order valence-corrected chi connectivity index (χ3v) is 3.07. The van der Waals surface area contributed by atoms with Crippen LogP contribution in [0.3, 0.4) is 0 Å². The van der Waals surface area contributed by atoms with Crippen LogP contribution in [0.5, 0.6) is 0 Å². The Labute approximate surface area is 118 Å². The van der Waals surface area contributed by atoms with Gasteiger partial charge in [-0.3, -0.25) is 0 Å². The minimum absolute atomic E-state index is 0.0756. The van der Waals surface area contributed by atoms with Gasteiger partial charge in [0.05, 0.1) is 11.3 Å². The summed E-state index contributed by atoms with van der Waals surface area (Å²) in [6, 6.07) is 9.22. The molecule has 5 nitrogen and oxygen atoms in total. The molecule has 19 heavy (non-hydrogen) atoms. The summed E-state index contributed by atoms with van der Waals surface area (Å²) >= 11 is 3.37. The molecule has 0 radical (unpaired) electrons. The lowest BCUT2D eigenvalue weighted by Gasteiger charge is -2.09. The number of hydrogen-bond donors (Lipinski definition) is 3. The van der Waals surface area contributed by atoms with Crippen LogP contribution in [0.4, 0.5) is 11.5 Å². The van der Waals surface area contributed by atoms with Gasteiger partial charge in [0.15, 0.2) is 0 Å². The fraction of sp³-hybridized carbons (Fsp3) is 0.0769. The van der Waals surface area contributed by atoms with Crippen LogP contribution >= 0.6 is 15.9 Å². The number of aromatic carboxylic acids is 1. The van der Waals surface area contributed by atoms with E-state index in [1.165, 1.54) is 12.3 Å². The molecule has 98 valence electrons. The number of benzene rings is 1. The fourth-order valence-corrected chi connectivity index (χ4v) is 1.80. The fourth-order valence-electron chi connectivity index (χ4n) is 1.53. The molecule has 1 aromatic carbocycles. The number of carbonyl (C=O) groups is 1. The molecular weight excluding hydrogens is 310 g/mol. The predicted molar refractivity (Wildman–Crippen MR) is 77.1 cm³/mol. The molecule has 0 amide bonds. The molecule has 1 aromatic heterocycles. The molecule has 1 heterocycles. The number of rotatable bonds is 4. The summed E-state index contributed by atoms with van der Waals surface area (Å²) in [7, 11) is 0. The van der Waals surface area contributed by atoms with E-state index in [4.69, 9.17) is 10.8 Å². The van der Waals surface area contributed by atoms with E-state index < -0.39 is 5.97 Å². The van der Waals surface area contributed by atoms with Crippen molar-refractivity contribution in [1.82, 2.24) is 4.98 Å². The number of hydrogen-bond acceptors (Lipinski definition) is 4. The molecule has 0 bridgehead atoms. The topological polar surface area (TPSA) is 88.2 Å². The van der Waals surface area contributed by atoms with Crippen molar-refractivity contribution in [3.05, 3.63) is 52.1 Å². The maximum absolute atomic E-state index is 10.8. The van der Waals surface area contributed by atoms with Gasteiger partial charge in [-0.1, -0.05) is 28.1 Å². The van der Waals surface area contributed by atoms with Crippen LogP contribution in [-0.4, -0.2) is 16.1 Å². The highest BCUT2D eigenvalue weighted by molar-refractivity contribution is 9.10. The molecule has 0 saturated heterocycles. The Morgan fingerprint density at radius 3 is 2.63 bits per heavy atom. The Kier molecular flexibility index (Phi) is 4.01. The van der Waals surface area contributed by atoms with Crippen LogP contribution < -0.4 is 11.1 Å². The lowest BCUT2D eigenvalue weighted by atomic mass is 10.2. The Hall–Kier alpha value is -2.08. The standard InChI is InChI=1S/C13H12BrN3O2/c14-10-3-1-8(2-4-10)6-16-12-11(15)5-9(7-17-12)13(18)19/h1-5,7H,6,15H2,(H,16,17)(H,18,19). The Bertz CT molecular complexity index is 599. The van der Waals surface area contributed by atoms with Crippen LogP contribution in [0.25, 0.3) is 0 Å². The number of nitrogens with zero attached hydrogens (tertiary/aromatic N) is 1. The van der Waals surface area contributed by atoms with E-state index in [-0.39, 0.29) is 5.56 Å². The predicted octanol–water partition coefficient (Wildman–Crippen LogP) is 2.74. The molecule has 0 unspecified atom stereocenters. The van der Waals surface area contributed by atoms with Gasteiger partial charge >= 0.3 is 5.97 Å². The largest absolute Gasteiger partial charge is 0.478 e. The number of carboxylic acid groups (broad SMARTS) is 1. The van der Waals surface area contributed by atoms with Gasteiger partial charge in [0, 0.05) is 17.2 Å². The van der Waals surface area contributed by atoms with Crippen LogP contribution in [0.1, 0.15) is 15.9 Å². The van der Waals surface area contributed by atoms with E-state index in [2.05, 4.69) is 26.2 Å². The third-order valence-electron chi connectivity index (χ3n) is 2.54. The monoisotopic (exact) mass is 321 g/mol. The minimum Gasteiger partial charge on any atom is -0.478 e. The zero-order valence-electron chi connectivity index (χ0n) is 9.93. The summed E-state index contributed by atoms with van der Waals surface area (Å²) in [5.41, 5.74) is 7.22. The number of aromatic nitrogens is 1. The second-order valence-electron chi connectivity index (χ2n) is 3.95. The van der Waals surface area contributed by atoms with Crippen molar-refractivity contribution < 1.29 is 9.90 Å². The quantitative estimate of drug-likeness (QED) is 0.805. The van der Waals surface area contributed by atoms with Gasteiger partial charge in [-0.2, -0.15) is 0 Å². The second-order valence-corrected chi connectivity index (χ2v) is 4.86. The van der Waals surface area contributed by atoms with Crippen molar-refractivity contribution in [3.8, 4) is 0 Å². The zero-order chi connectivity index (χ0) is 13.8. The van der Waals surface area contributed by atoms with E-state index >= 15 is 0 Å². The molecule has 0 aliphatic rings. The first-order valence-electron chi connectivity index (χ1n) is 5.53. The lowest BCUT2D eigenvalue weighted by Crippen LogP contribution is -2.07. The third kappa shape index (κ3) is 3.45. The minimum atomic E-state index is -1.04. The van der Waals surface area contributed by atoms with Crippen LogP contribution in [-0.2, 0) is 6.54 Å². The van der Waals surface area contributed by atoms with Crippen molar-refractivity contribution in [2.45, 2.75) is 6.54 Å². The van der Waals surface area contributed by atoms with Gasteiger partial charge < -0.3 is 16.2 Å². The number of anilines is 2. The first kappa shape index (κ1) is 13.4.